The maximum atomic E-state index is 13.8. The van der Waals surface area contributed by atoms with Crippen LogP contribution in [-0.2, 0) is 4.79 Å². The number of anilines is 1. The van der Waals surface area contributed by atoms with Gasteiger partial charge in [-0.3, -0.25) is 4.79 Å². The molecule has 1 saturated heterocycles. The Morgan fingerprint density at radius 3 is 2.90 bits per heavy atom. The number of carbonyl (C=O) groups is 1. The number of hydrogen-bond donors (Lipinski definition) is 1. The molecule has 1 aromatic carbocycles. The summed E-state index contributed by atoms with van der Waals surface area (Å²) in [6.45, 7) is 5.73. The normalized spacial score (nSPS) is 18.6. The fraction of sp³-hybridized carbons (Fsp3) is 0.533. The van der Waals surface area contributed by atoms with E-state index in [-0.39, 0.29) is 17.7 Å². The van der Waals surface area contributed by atoms with Gasteiger partial charge in [-0.2, -0.15) is 0 Å². The minimum Gasteiger partial charge on any atom is -0.491 e. The van der Waals surface area contributed by atoms with E-state index in [0.29, 0.717) is 18.8 Å². The minimum atomic E-state index is -0.429. The number of ether oxygens (including phenoxy) is 1. The molecule has 0 spiro atoms. The van der Waals surface area contributed by atoms with Gasteiger partial charge in [-0.05, 0) is 38.4 Å². The molecule has 1 heterocycles. The minimum absolute atomic E-state index is 0.0157. The first-order chi connectivity index (χ1) is 9.67. The van der Waals surface area contributed by atoms with E-state index in [2.05, 4.69) is 12.2 Å². The van der Waals surface area contributed by atoms with Crippen molar-refractivity contribution >= 4 is 11.6 Å². The largest absolute Gasteiger partial charge is 0.491 e. The Kier molecular flexibility index (Phi) is 4.95. The monoisotopic (exact) mass is 280 g/mol. The van der Waals surface area contributed by atoms with Crippen LogP contribution in [0.5, 0.6) is 5.75 Å². The van der Waals surface area contributed by atoms with Gasteiger partial charge in [0.25, 0.3) is 0 Å². The molecule has 5 heteroatoms. The standard InChI is InChI=1S/C15H21FN2O2/c1-3-8-17-13-7-9-18(15(13)19)11-5-6-14(20-4-2)12(16)10-11/h5-6,10,13,17H,3-4,7-9H2,1-2H3. The first kappa shape index (κ1) is 14.8. The lowest BCUT2D eigenvalue weighted by atomic mass is 10.2. The van der Waals surface area contributed by atoms with Gasteiger partial charge in [0.15, 0.2) is 11.6 Å². The van der Waals surface area contributed by atoms with Gasteiger partial charge < -0.3 is 15.0 Å². The molecule has 0 saturated carbocycles. The predicted molar refractivity (Wildman–Crippen MR) is 76.6 cm³/mol. The van der Waals surface area contributed by atoms with E-state index >= 15 is 0 Å². The van der Waals surface area contributed by atoms with Crippen molar-refractivity contribution in [2.24, 2.45) is 0 Å². The maximum Gasteiger partial charge on any atom is 0.244 e. The summed E-state index contributed by atoms with van der Waals surface area (Å²) in [5.41, 5.74) is 0.594. The van der Waals surface area contributed by atoms with Crippen LogP contribution in [0.15, 0.2) is 18.2 Å². The molecule has 1 aromatic rings. The van der Waals surface area contributed by atoms with Crippen molar-refractivity contribution in [2.75, 3.05) is 24.6 Å². The van der Waals surface area contributed by atoms with Gasteiger partial charge in [0.2, 0.25) is 5.91 Å². The van der Waals surface area contributed by atoms with Gasteiger partial charge in [-0.25, -0.2) is 4.39 Å². The summed E-state index contributed by atoms with van der Waals surface area (Å²) in [7, 11) is 0. The van der Waals surface area contributed by atoms with Crippen LogP contribution in [-0.4, -0.2) is 31.6 Å². The summed E-state index contributed by atoms with van der Waals surface area (Å²) < 4.78 is 19.0. The summed E-state index contributed by atoms with van der Waals surface area (Å²) in [4.78, 5) is 13.9. The van der Waals surface area contributed by atoms with Gasteiger partial charge in [0, 0.05) is 18.3 Å². The average Bonchev–Trinajstić information content (AvgIpc) is 2.80. The Hall–Kier alpha value is -1.62. The van der Waals surface area contributed by atoms with Crippen molar-refractivity contribution < 1.29 is 13.9 Å². The topological polar surface area (TPSA) is 41.6 Å². The van der Waals surface area contributed by atoms with E-state index in [9.17, 15) is 9.18 Å². The lowest BCUT2D eigenvalue weighted by Crippen LogP contribution is -2.38. The van der Waals surface area contributed by atoms with E-state index in [4.69, 9.17) is 4.74 Å². The Bertz CT molecular complexity index is 479. The molecule has 1 atom stereocenters. The molecule has 1 amide bonds. The Morgan fingerprint density at radius 1 is 1.45 bits per heavy atom. The zero-order valence-electron chi connectivity index (χ0n) is 12.0. The van der Waals surface area contributed by atoms with Crippen molar-refractivity contribution in [3.8, 4) is 5.75 Å². The van der Waals surface area contributed by atoms with Gasteiger partial charge >= 0.3 is 0 Å². The Morgan fingerprint density at radius 2 is 2.25 bits per heavy atom. The molecular weight excluding hydrogens is 259 g/mol. The quantitative estimate of drug-likeness (QED) is 0.869. The van der Waals surface area contributed by atoms with Gasteiger partial charge in [-0.15, -0.1) is 0 Å². The highest BCUT2D eigenvalue weighted by atomic mass is 19.1. The lowest BCUT2D eigenvalue weighted by Gasteiger charge is -2.18. The van der Waals surface area contributed by atoms with Crippen molar-refractivity contribution in [1.29, 1.82) is 0 Å². The highest BCUT2D eigenvalue weighted by molar-refractivity contribution is 5.99. The molecule has 110 valence electrons. The van der Waals surface area contributed by atoms with Crippen molar-refractivity contribution in [2.45, 2.75) is 32.7 Å². The van der Waals surface area contributed by atoms with E-state index < -0.39 is 5.82 Å². The van der Waals surface area contributed by atoms with Gasteiger partial charge in [0.05, 0.1) is 12.6 Å². The zero-order chi connectivity index (χ0) is 14.5. The lowest BCUT2D eigenvalue weighted by molar-refractivity contribution is -0.118. The van der Waals surface area contributed by atoms with E-state index in [1.54, 1.807) is 24.0 Å². The number of benzene rings is 1. The molecule has 1 fully saturated rings. The van der Waals surface area contributed by atoms with Crippen LogP contribution in [0.2, 0.25) is 0 Å². The molecule has 0 aromatic heterocycles. The van der Waals surface area contributed by atoms with Crippen LogP contribution < -0.4 is 15.0 Å². The first-order valence-electron chi connectivity index (χ1n) is 7.14. The molecule has 1 unspecified atom stereocenters. The molecule has 0 aliphatic carbocycles. The number of hydrogen-bond acceptors (Lipinski definition) is 3. The summed E-state index contributed by atoms with van der Waals surface area (Å²) in [5.74, 6) is -0.187. The number of nitrogens with one attached hydrogen (secondary N) is 1. The highest BCUT2D eigenvalue weighted by Crippen LogP contribution is 2.27. The summed E-state index contributed by atoms with van der Waals surface area (Å²) >= 11 is 0. The molecule has 1 aliphatic rings. The van der Waals surface area contributed by atoms with E-state index in [0.717, 1.165) is 19.4 Å². The zero-order valence-corrected chi connectivity index (χ0v) is 12.0. The van der Waals surface area contributed by atoms with Crippen molar-refractivity contribution in [3.05, 3.63) is 24.0 Å². The fourth-order valence-electron chi connectivity index (χ4n) is 2.37. The van der Waals surface area contributed by atoms with Gasteiger partial charge in [-0.1, -0.05) is 6.92 Å². The van der Waals surface area contributed by atoms with Crippen LogP contribution in [0.4, 0.5) is 10.1 Å². The van der Waals surface area contributed by atoms with Crippen molar-refractivity contribution in [3.63, 3.8) is 0 Å². The summed E-state index contributed by atoms with van der Waals surface area (Å²) in [6, 6.07) is 4.53. The van der Waals surface area contributed by atoms with Crippen LogP contribution in [0.1, 0.15) is 26.7 Å². The Balaban J connectivity index is 2.09. The third kappa shape index (κ3) is 3.10. The van der Waals surface area contributed by atoms with Crippen LogP contribution in [0.25, 0.3) is 0 Å². The number of amides is 1. The van der Waals surface area contributed by atoms with Crippen LogP contribution in [0.3, 0.4) is 0 Å². The fourth-order valence-corrected chi connectivity index (χ4v) is 2.37. The molecule has 0 radical (unpaired) electrons. The maximum absolute atomic E-state index is 13.8. The second kappa shape index (κ2) is 6.70. The van der Waals surface area contributed by atoms with Crippen LogP contribution >= 0.6 is 0 Å². The molecule has 1 aliphatic heterocycles. The first-order valence-corrected chi connectivity index (χ1v) is 7.14. The highest BCUT2D eigenvalue weighted by Gasteiger charge is 2.32. The van der Waals surface area contributed by atoms with E-state index in [1.165, 1.54) is 6.07 Å². The molecule has 2 rings (SSSR count). The molecule has 20 heavy (non-hydrogen) atoms. The smallest absolute Gasteiger partial charge is 0.244 e. The summed E-state index contributed by atoms with van der Waals surface area (Å²) in [6.07, 6.45) is 1.75. The predicted octanol–water partition coefficient (Wildman–Crippen LogP) is 2.33. The number of nitrogens with zero attached hydrogens (tertiary/aromatic N) is 1. The molecule has 0 bridgehead atoms. The third-order valence-corrected chi connectivity index (χ3v) is 3.37. The Labute approximate surface area is 118 Å². The third-order valence-electron chi connectivity index (χ3n) is 3.37. The SMILES string of the molecule is CCCNC1CCN(c2ccc(OCC)c(F)c2)C1=O. The summed E-state index contributed by atoms with van der Waals surface area (Å²) in [5, 5.41) is 3.22. The van der Waals surface area contributed by atoms with Gasteiger partial charge in [0.1, 0.15) is 0 Å². The average molecular weight is 280 g/mol. The van der Waals surface area contributed by atoms with Crippen LogP contribution in [0, 0.1) is 5.82 Å². The molecule has 1 N–H and O–H groups in total. The van der Waals surface area contributed by atoms with Crippen molar-refractivity contribution in [1.82, 2.24) is 5.32 Å². The second-order valence-corrected chi connectivity index (χ2v) is 4.83. The number of halogens is 1. The number of carbonyl (C=O) groups excluding carboxylic acids is 1. The molecule has 4 nitrogen and oxygen atoms in total. The molecular formula is C15H21FN2O2. The second-order valence-electron chi connectivity index (χ2n) is 4.83. The number of rotatable bonds is 6. The van der Waals surface area contributed by atoms with E-state index in [1.807, 2.05) is 0 Å².